The maximum absolute atomic E-state index is 12.8. The summed E-state index contributed by atoms with van der Waals surface area (Å²) in [5, 5.41) is 7.29. The van der Waals surface area contributed by atoms with Crippen molar-refractivity contribution >= 4 is 11.8 Å². The number of aryl methyl sites for hydroxylation is 2. The van der Waals surface area contributed by atoms with E-state index in [-0.39, 0.29) is 23.3 Å². The first-order valence-corrected chi connectivity index (χ1v) is 9.96. The van der Waals surface area contributed by atoms with E-state index in [9.17, 15) is 9.59 Å². The normalized spacial score (nSPS) is 20.0. The lowest BCUT2D eigenvalue weighted by molar-refractivity contribution is -0.122. The summed E-state index contributed by atoms with van der Waals surface area (Å²) in [5.74, 6) is 0.230. The highest BCUT2D eigenvalue weighted by Gasteiger charge is 2.51. The van der Waals surface area contributed by atoms with Gasteiger partial charge in [0.2, 0.25) is 5.91 Å². The summed E-state index contributed by atoms with van der Waals surface area (Å²) in [6, 6.07) is 3.78. The van der Waals surface area contributed by atoms with Crippen LogP contribution in [0, 0.1) is 19.8 Å². The van der Waals surface area contributed by atoms with Crippen molar-refractivity contribution in [2.24, 2.45) is 13.0 Å². The smallest absolute Gasteiger partial charge is 0.257 e. The third-order valence-electron chi connectivity index (χ3n) is 5.97. The summed E-state index contributed by atoms with van der Waals surface area (Å²) < 4.78 is 7.77. The molecular formula is C21H27N5O3. The molecule has 2 aliphatic rings. The molecule has 0 radical (unpaired) electrons. The molecule has 1 unspecified atom stereocenters. The van der Waals surface area contributed by atoms with Crippen LogP contribution in [0.3, 0.4) is 0 Å². The van der Waals surface area contributed by atoms with Gasteiger partial charge >= 0.3 is 0 Å². The molecule has 4 heterocycles. The molecule has 2 aromatic rings. The molecule has 2 aromatic heterocycles. The summed E-state index contributed by atoms with van der Waals surface area (Å²) in [5.41, 5.74) is 3.06. The van der Waals surface area contributed by atoms with Crippen molar-refractivity contribution in [3.8, 4) is 0 Å². The van der Waals surface area contributed by atoms with E-state index in [0.717, 1.165) is 23.4 Å². The maximum atomic E-state index is 12.8. The Morgan fingerprint density at radius 3 is 2.66 bits per heavy atom. The molecule has 1 atom stereocenters. The molecule has 2 fully saturated rings. The average molecular weight is 397 g/mol. The van der Waals surface area contributed by atoms with E-state index in [0.29, 0.717) is 38.2 Å². The molecule has 2 aliphatic heterocycles. The van der Waals surface area contributed by atoms with E-state index in [4.69, 9.17) is 4.74 Å². The number of aromatic nitrogens is 3. The molecule has 0 saturated carbocycles. The molecule has 0 aromatic carbocycles. The van der Waals surface area contributed by atoms with Gasteiger partial charge in [-0.25, -0.2) is 0 Å². The van der Waals surface area contributed by atoms with Crippen LogP contribution >= 0.6 is 0 Å². The second kappa shape index (κ2) is 7.59. The zero-order valence-electron chi connectivity index (χ0n) is 17.1. The van der Waals surface area contributed by atoms with E-state index < -0.39 is 0 Å². The van der Waals surface area contributed by atoms with Crippen LogP contribution in [0.25, 0.3) is 0 Å². The Hall–Kier alpha value is -2.74. The van der Waals surface area contributed by atoms with Crippen LogP contribution in [0.5, 0.6) is 0 Å². The van der Waals surface area contributed by atoms with Gasteiger partial charge in [0.25, 0.3) is 5.91 Å². The molecular weight excluding hydrogens is 370 g/mol. The van der Waals surface area contributed by atoms with Crippen molar-refractivity contribution in [1.82, 2.24) is 25.0 Å². The fourth-order valence-corrected chi connectivity index (χ4v) is 4.36. The van der Waals surface area contributed by atoms with Crippen molar-refractivity contribution < 1.29 is 14.3 Å². The minimum Gasteiger partial charge on any atom is -0.371 e. The molecule has 8 heteroatoms. The standard InChI is InChI=1S/C21H27N5O3/c1-14-19(15(2)25(3)24-14)20(28)26-12-21(13-26)9-17(11-29-21)8-18(27)23-10-16-4-6-22-7-5-16/h4-7,17H,8-13H2,1-3H3,(H,23,27). The zero-order valence-corrected chi connectivity index (χ0v) is 17.1. The maximum Gasteiger partial charge on any atom is 0.257 e. The van der Waals surface area contributed by atoms with Crippen LogP contribution in [0.1, 0.15) is 40.2 Å². The number of ether oxygens (including phenoxy) is 1. The summed E-state index contributed by atoms with van der Waals surface area (Å²) >= 11 is 0. The Morgan fingerprint density at radius 1 is 1.28 bits per heavy atom. The van der Waals surface area contributed by atoms with Crippen molar-refractivity contribution in [3.63, 3.8) is 0 Å². The lowest BCUT2D eigenvalue weighted by Crippen LogP contribution is -2.63. The molecule has 1 N–H and O–H groups in total. The SMILES string of the molecule is Cc1nn(C)c(C)c1C(=O)N1CC2(CC(CC(=O)NCc3ccncc3)CO2)C1. The van der Waals surface area contributed by atoms with Gasteiger partial charge in [-0.1, -0.05) is 0 Å². The number of amides is 2. The first-order valence-electron chi connectivity index (χ1n) is 9.96. The third-order valence-corrected chi connectivity index (χ3v) is 5.97. The molecule has 8 nitrogen and oxygen atoms in total. The van der Waals surface area contributed by atoms with E-state index >= 15 is 0 Å². The van der Waals surface area contributed by atoms with Crippen LogP contribution in [0.4, 0.5) is 0 Å². The van der Waals surface area contributed by atoms with E-state index in [2.05, 4.69) is 15.4 Å². The zero-order chi connectivity index (χ0) is 20.6. The summed E-state index contributed by atoms with van der Waals surface area (Å²) in [7, 11) is 1.85. The van der Waals surface area contributed by atoms with Gasteiger partial charge in [0.1, 0.15) is 5.60 Å². The van der Waals surface area contributed by atoms with Crippen LogP contribution < -0.4 is 5.32 Å². The van der Waals surface area contributed by atoms with Crippen LogP contribution in [-0.4, -0.2) is 56.8 Å². The van der Waals surface area contributed by atoms with Gasteiger partial charge in [0.05, 0.1) is 31.0 Å². The van der Waals surface area contributed by atoms with Crippen molar-refractivity contribution in [3.05, 3.63) is 47.0 Å². The first kappa shape index (κ1) is 19.6. The number of likely N-dealkylation sites (tertiary alicyclic amines) is 1. The minimum atomic E-state index is -0.296. The largest absolute Gasteiger partial charge is 0.371 e. The van der Waals surface area contributed by atoms with Crippen LogP contribution in [0.15, 0.2) is 24.5 Å². The highest BCUT2D eigenvalue weighted by molar-refractivity contribution is 5.97. The predicted octanol–water partition coefficient (Wildman–Crippen LogP) is 1.37. The van der Waals surface area contributed by atoms with E-state index in [1.807, 2.05) is 37.9 Å². The summed E-state index contributed by atoms with van der Waals surface area (Å²) in [4.78, 5) is 30.9. The first-order chi connectivity index (χ1) is 13.9. The van der Waals surface area contributed by atoms with E-state index in [1.165, 1.54) is 0 Å². The van der Waals surface area contributed by atoms with Gasteiger partial charge in [0, 0.05) is 38.1 Å². The van der Waals surface area contributed by atoms with Crippen molar-refractivity contribution in [1.29, 1.82) is 0 Å². The average Bonchev–Trinajstić information content (AvgIpc) is 3.20. The summed E-state index contributed by atoms with van der Waals surface area (Å²) in [6.45, 7) is 6.00. The summed E-state index contributed by atoms with van der Waals surface area (Å²) in [6.07, 6.45) is 4.69. The Bertz CT molecular complexity index is 918. The Labute approximate surface area is 170 Å². The Balaban J connectivity index is 1.26. The number of rotatable bonds is 5. The number of nitrogens with one attached hydrogen (secondary N) is 1. The molecule has 0 aliphatic carbocycles. The molecule has 1 spiro atoms. The third kappa shape index (κ3) is 3.89. The fourth-order valence-electron chi connectivity index (χ4n) is 4.36. The molecule has 29 heavy (non-hydrogen) atoms. The fraction of sp³-hybridized carbons (Fsp3) is 0.524. The second-order valence-corrected chi connectivity index (χ2v) is 8.23. The van der Waals surface area contributed by atoms with Gasteiger partial charge in [0.15, 0.2) is 0 Å². The highest BCUT2D eigenvalue weighted by Crippen LogP contribution is 2.40. The lowest BCUT2D eigenvalue weighted by Gasteiger charge is -2.47. The quantitative estimate of drug-likeness (QED) is 0.823. The molecule has 2 saturated heterocycles. The molecule has 4 rings (SSSR count). The predicted molar refractivity (Wildman–Crippen MR) is 106 cm³/mol. The molecule has 0 bridgehead atoms. The number of pyridine rings is 1. The lowest BCUT2D eigenvalue weighted by atomic mass is 9.85. The minimum absolute atomic E-state index is 0.0147. The van der Waals surface area contributed by atoms with Gasteiger partial charge in [-0.15, -0.1) is 0 Å². The molecule has 2 amide bonds. The number of hydrogen-bond donors (Lipinski definition) is 1. The Kier molecular flexibility index (Phi) is 5.12. The number of hydrogen-bond acceptors (Lipinski definition) is 5. The van der Waals surface area contributed by atoms with Gasteiger partial charge in [-0.05, 0) is 43.9 Å². The van der Waals surface area contributed by atoms with Crippen LogP contribution in [-0.2, 0) is 23.1 Å². The van der Waals surface area contributed by atoms with Gasteiger partial charge in [-0.2, -0.15) is 5.10 Å². The Morgan fingerprint density at radius 2 is 2.00 bits per heavy atom. The number of carbonyl (C=O) groups excluding carboxylic acids is 2. The van der Waals surface area contributed by atoms with Crippen molar-refractivity contribution in [2.75, 3.05) is 19.7 Å². The van der Waals surface area contributed by atoms with Gasteiger partial charge < -0.3 is 15.0 Å². The number of nitrogens with zero attached hydrogens (tertiary/aromatic N) is 4. The highest BCUT2D eigenvalue weighted by atomic mass is 16.5. The molecule has 154 valence electrons. The van der Waals surface area contributed by atoms with E-state index in [1.54, 1.807) is 17.1 Å². The number of carbonyl (C=O) groups is 2. The second-order valence-electron chi connectivity index (χ2n) is 8.23. The van der Waals surface area contributed by atoms with Crippen LogP contribution in [0.2, 0.25) is 0 Å². The van der Waals surface area contributed by atoms with Crippen molar-refractivity contribution in [2.45, 2.75) is 38.8 Å². The monoisotopic (exact) mass is 397 g/mol. The van der Waals surface area contributed by atoms with Gasteiger partial charge in [-0.3, -0.25) is 19.3 Å². The topological polar surface area (TPSA) is 89.4 Å².